The van der Waals surface area contributed by atoms with Crippen LogP contribution in [0.1, 0.15) is 43.7 Å². The molecule has 6 N–H and O–H groups in total. The Morgan fingerprint density at radius 2 is 1.92 bits per heavy atom. The lowest BCUT2D eigenvalue weighted by atomic mass is 10.0. The van der Waals surface area contributed by atoms with Gasteiger partial charge in [0.05, 0.1) is 17.0 Å². The molecule has 3 amide bonds. The van der Waals surface area contributed by atoms with Gasteiger partial charge < -0.3 is 21.7 Å². The molecule has 0 radical (unpaired) electrons. The van der Waals surface area contributed by atoms with Crippen molar-refractivity contribution in [2.75, 3.05) is 17.6 Å². The van der Waals surface area contributed by atoms with Crippen molar-refractivity contribution in [3.8, 4) is 0 Å². The van der Waals surface area contributed by atoms with E-state index < -0.39 is 10.0 Å². The molecule has 2 aliphatic rings. The highest BCUT2D eigenvalue weighted by Crippen LogP contribution is 2.33. The molecule has 2 unspecified atom stereocenters. The number of urea groups is 1. The average molecular weight is 532 g/mol. The molecule has 9 nitrogen and oxygen atoms in total. The number of hydrogen-bond acceptors (Lipinski definition) is 6. The summed E-state index contributed by atoms with van der Waals surface area (Å²) < 4.78 is 28.0. The summed E-state index contributed by atoms with van der Waals surface area (Å²) in [6.45, 7) is 0.204. The second kappa shape index (κ2) is 12.1. The molecule has 4 atom stereocenters. The fourth-order valence-electron chi connectivity index (χ4n) is 4.54. The zero-order valence-corrected chi connectivity index (χ0v) is 21.6. The number of carbonyl (C=O) groups is 2. The van der Waals surface area contributed by atoms with Gasteiger partial charge in [-0.25, -0.2) is 17.9 Å². The van der Waals surface area contributed by atoms with Crippen molar-refractivity contribution in [2.24, 2.45) is 5.73 Å². The first kappa shape index (κ1) is 26.5. The quantitative estimate of drug-likeness (QED) is 0.211. The van der Waals surface area contributed by atoms with Gasteiger partial charge in [0.2, 0.25) is 15.9 Å². The molecule has 2 aromatic rings. The van der Waals surface area contributed by atoms with E-state index in [2.05, 4.69) is 20.7 Å². The Bertz CT molecular complexity index is 1160. The highest BCUT2D eigenvalue weighted by molar-refractivity contribution is 8.00. The third-order valence-corrected chi connectivity index (χ3v) is 9.45. The Morgan fingerprint density at radius 3 is 2.72 bits per heavy atom. The topological polar surface area (TPSA) is 142 Å². The van der Waals surface area contributed by atoms with Crippen LogP contribution < -0.4 is 26.4 Å². The molecule has 2 aromatic carbocycles. The minimum atomic E-state index is -3.73. The summed E-state index contributed by atoms with van der Waals surface area (Å²) in [5, 5.41) is 9.08. The van der Waals surface area contributed by atoms with Crippen molar-refractivity contribution < 1.29 is 18.0 Å². The van der Waals surface area contributed by atoms with E-state index in [-0.39, 0.29) is 41.5 Å². The first-order valence-electron chi connectivity index (χ1n) is 12.2. The molecule has 0 spiro atoms. The molecule has 2 fully saturated rings. The third-order valence-electron chi connectivity index (χ3n) is 6.48. The van der Waals surface area contributed by atoms with E-state index in [1.54, 1.807) is 12.1 Å². The second-order valence-electron chi connectivity index (χ2n) is 9.15. The number of thioether (sulfide) groups is 1. The van der Waals surface area contributed by atoms with Crippen LogP contribution in [-0.2, 0) is 14.8 Å². The average Bonchev–Trinajstić information content (AvgIpc) is 3.41. The number of hydrogen-bond donors (Lipinski definition) is 5. The molecule has 2 heterocycles. The maximum absolute atomic E-state index is 12.7. The maximum Gasteiger partial charge on any atom is 0.315 e. The maximum atomic E-state index is 12.7. The first-order chi connectivity index (χ1) is 17.3. The highest BCUT2D eigenvalue weighted by atomic mass is 32.2. The fourth-order valence-corrected chi connectivity index (χ4v) is 7.17. The Morgan fingerprint density at radius 1 is 1.11 bits per heavy atom. The summed E-state index contributed by atoms with van der Waals surface area (Å²) in [6, 6.07) is 15.8. The molecule has 0 aromatic heterocycles. The van der Waals surface area contributed by atoms with Crippen molar-refractivity contribution in [2.45, 2.75) is 60.4 Å². The minimum absolute atomic E-state index is 0.0913. The summed E-state index contributed by atoms with van der Waals surface area (Å²) in [6.07, 6.45) is 3.36. The lowest BCUT2D eigenvalue weighted by Crippen LogP contribution is -2.36. The van der Waals surface area contributed by atoms with Crippen molar-refractivity contribution in [1.29, 1.82) is 0 Å². The summed E-state index contributed by atoms with van der Waals surface area (Å²) >= 11 is 1.86. The molecule has 11 heteroatoms. The Balaban J connectivity index is 1.19. The van der Waals surface area contributed by atoms with E-state index in [1.807, 2.05) is 42.1 Å². The Labute approximate surface area is 216 Å². The van der Waals surface area contributed by atoms with Gasteiger partial charge in [-0.1, -0.05) is 42.8 Å². The van der Waals surface area contributed by atoms with Gasteiger partial charge in [0.1, 0.15) is 0 Å². The number of nitrogens with two attached hydrogens (primary N) is 1. The number of fused-ring (bicyclic) bond motifs is 1. The summed E-state index contributed by atoms with van der Waals surface area (Å²) in [5.74, 6) is 0.766. The van der Waals surface area contributed by atoms with Crippen LogP contribution in [0.2, 0.25) is 0 Å². The van der Waals surface area contributed by atoms with E-state index in [0.717, 1.165) is 30.6 Å². The number of rotatable bonds is 12. The van der Waals surface area contributed by atoms with Crippen LogP contribution in [0.5, 0.6) is 0 Å². The molecule has 0 bridgehead atoms. The summed E-state index contributed by atoms with van der Waals surface area (Å²) in [5.41, 5.74) is 7.55. The number of unbranched alkanes of at least 4 members (excludes halogenated alkanes) is 1. The van der Waals surface area contributed by atoms with Gasteiger partial charge >= 0.3 is 6.03 Å². The highest BCUT2D eigenvalue weighted by Gasteiger charge is 2.42. The predicted octanol–water partition coefficient (Wildman–Crippen LogP) is 2.72. The number of benzene rings is 2. The molecular formula is C25H33N5O4S2. The lowest BCUT2D eigenvalue weighted by molar-refractivity contribution is -0.116. The third kappa shape index (κ3) is 7.00. The molecule has 36 heavy (non-hydrogen) atoms. The van der Waals surface area contributed by atoms with E-state index in [0.29, 0.717) is 23.8 Å². The molecule has 2 saturated heterocycles. The van der Waals surface area contributed by atoms with Crippen LogP contribution in [0.15, 0.2) is 59.5 Å². The number of anilines is 1. The van der Waals surface area contributed by atoms with E-state index in [1.165, 1.54) is 12.1 Å². The number of amides is 3. The van der Waals surface area contributed by atoms with Gasteiger partial charge in [-0.15, -0.1) is 0 Å². The number of sulfonamides is 1. The zero-order chi connectivity index (χ0) is 25.5. The van der Waals surface area contributed by atoms with Crippen LogP contribution in [0.4, 0.5) is 10.5 Å². The van der Waals surface area contributed by atoms with Gasteiger partial charge in [-0.2, -0.15) is 11.8 Å². The predicted molar refractivity (Wildman–Crippen MR) is 142 cm³/mol. The van der Waals surface area contributed by atoms with Crippen molar-refractivity contribution in [3.05, 3.63) is 60.2 Å². The minimum Gasteiger partial charge on any atom is -0.332 e. The summed E-state index contributed by atoms with van der Waals surface area (Å²) in [4.78, 5) is 24.0. The lowest BCUT2D eigenvalue weighted by Gasteiger charge is -2.16. The number of nitrogens with one attached hydrogen (secondary N) is 4. The molecular weight excluding hydrogens is 498 g/mol. The van der Waals surface area contributed by atoms with E-state index >= 15 is 0 Å². The van der Waals surface area contributed by atoms with Crippen LogP contribution in [0, 0.1) is 0 Å². The molecule has 4 rings (SSSR count). The van der Waals surface area contributed by atoms with Crippen LogP contribution in [-0.4, -0.2) is 50.0 Å². The van der Waals surface area contributed by atoms with Crippen molar-refractivity contribution >= 4 is 39.4 Å². The van der Waals surface area contributed by atoms with Crippen LogP contribution in [0.25, 0.3) is 0 Å². The first-order valence-corrected chi connectivity index (χ1v) is 14.7. The van der Waals surface area contributed by atoms with Gasteiger partial charge in [-0.05, 0) is 43.0 Å². The Hall–Kier alpha value is -2.60. The molecule has 2 aliphatic heterocycles. The Kier molecular flexibility index (Phi) is 8.89. The zero-order valence-electron chi connectivity index (χ0n) is 20.0. The summed E-state index contributed by atoms with van der Waals surface area (Å²) in [7, 11) is -3.73. The smallest absolute Gasteiger partial charge is 0.315 e. The SMILES string of the molecule is N[C@H](CCNS(=O)(=O)c1cccc(NC(=O)CCCC[C@H]2SCC3NC(=O)NC32)c1)c1ccccc1. The largest absolute Gasteiger partial charge is 0.332 e. The van der Waals surface area contributed by atoms with Gasteiger partial charge in [0.15, 0.2) is 0 Å². The fraction of sp³-hybridized carbons (Fsp3) is 0.440. The van der Waals surface area contributed by atoms with Crippen molar-refractivity contribution in [3.63, 3.8) is 0 Å². The molecule has 0 aliphatic carbocycles. The van der Waals surface area contributed by atoms with Gasteiger partial charge in [0, 0.05) is 35.7 Å². The van der Waals surface area contributed by atoms with E-state index in [9.17, 15) is 18.0 Å². The van der Waals surface area contributed by atoms with Crippen LogP contribution in [0.3, 0.4) is 0 Å². The second-order valence-corrected chi connectivity index (χ2v) is 12.2. The molecule has 0 saturated carbocycles. The van der Waals surface area contributed by atoms with E-state index in [4.69, 9.17) is 5.73 Å². The van der Waals surface area contributed by atoms with Crippen LogP contribution >= 0.6 is 11.8 Å². The van der Waals surface area contributed by atoms with Gasteiger partial charge in [0.25, 0.3) is 0 Å². The normalized spacial score (nSPS) is 21.9. The standard InChI is InChI=1S/C25H33N5O4S2/c26-20(17-7-2-1-3-8-17)13-14-27-36(33,34)19-10-6-9-18(15-19)28-23(31)12-5-4-11-22-24-21(16-35-22)29-25(32)30-24/h1-3,6-10,15,20-22,24,27H,4-5,11-14,16,26H2,(H,28,31)(H2,29,30,32)/t20-,21?,22-,24?/m1/s1. The monoisotopic (exact) mass is 531 g/mol. The number of carbonyl (C=O) groups excluding carboxylic acids is 2. The molecule has 194 valence electrons. The van der Waals surface area contributed by atoms with Gasteiger partial charge in [-0.3, -0.25) is 4.79 Å². The van der Waals surface area contributed by atoms with Crippen molar-refractivity contribution in [1.82, 2.24) is 15.4 Å².